The van der Waals surface area contributed by atoms with E-state index >= 15 is 0 Å². The van der Waals surface area contributed by atoms with Gasteiger partial charge in [-0.3, -0.25) is 0 Å². The Morgan fingerprint density at radius 1 is 1.06 bits per heavy atom. The van der Waals surface area contributed by atoms with Gasteiger partial charge in [0.1, 0.15) is 5.01 Å². The molecule has 18 heavy (non-hydrogen) atoms. The van der Waals surface area contributed by atoms with E-state index in [9.17, 15) is 0 Å². The van der Waals surface area contributed by atoms with E-state index < -0.39 is 0 Å². The zero-order chi connectivity index (χ0) is 11.9. The van der Waals surface area contributed by atoms with Crippen LogP contribution in [0, 0.1) is 6.07 Å². The molecule has 2 heterocycles. The van der Waals surface area contributed by atoms with Gasteiger partial charge < -0.3 is 0 Å². The molecule has 0 fully saturated rings. The van der Waals surface area contributed by atoms with Crippen LogP contribution in [-0.2, 0) is 0 Å². The lowest BCUT2D eigenvalue weighted by Gasteiger charge is -1.94. The molecule has 2 aromatic heterocycles. The molecule has 2 nitrogen and oxygen atoms in total. The van der Waals surface area contributed by atoms with E-state index in [0.29, 0.717) is 0 Å². The van der Waals surface area contributed by atoms with Crippen molar-refractivity contribution in [2.24, 2.45) is 0 Å². The van der Waals surface area contributed by atoms with Crippen LogP contribution >= 0.6 is 22.7 Å². The predicted octanol–water partition coefficient (Wildman–Crippen LogP) is 4.37. The Morgan fingerprint density at radius 3 is 2.94 bits per heavy atom. The summed E-state index contributed by atoms with van der Waals surface area (Å²) in [5.74, 6) is 0. The lowest BCUT2D eigenvalue weighted by atomic mass is 10.2. The van der Waals surface area contributed by atoms with Crippen molar-refractivity contribution in [1.82, 2.24) is 9.97 Å². The third-order valence-electron chi connectivity index (χ3n) is 2.79. The van der Waals surface area contributed by atoms with Crippen LogP contribution < -0.4 is 0 Å². The SMILES string of the molecule is [c]1cc2scnc2cc1-c1nc2ccccc2s1. The normalized spacial score (nSPS) is 11.3. The summed E-state index contributed by atoms with van der Waals surface area (Å²) >= 11 is 3.33. The van der Waals surface area contributed by atoms with E-state index in [-0.39, 0.29) is 0 Å². The number of fused-ring (bicyclic) bond motifs is 2. The summed E-state index contributed by atoms with van der Waals surface area (Å²) in [4.78, 5) is 8.97. The van der Waals surface area contributed by atoms with E-state index in [2.05, 4.69) is 28.2 Å². The summed E-state index contributed by atoms with van der Waals surface area (Å²) in [5.41, 5.74) is 4.95. The summed E-state index contributed by atoms with van der Waals surface area (Å²) in [6.45, 7) is 0. The molecule has 85 valence electrons. The average Bonchev–Trinajstić information content (AvgIpc) is 3.04. The van der Waals surface area contributed by atoms with Gasteiger partial charge in [-0.1, -0.05) is 12.1 Å². The molecule has 0 unspecified atom stereocenters. The largest absolute Gasteiger partial charge is 0.245 e. The van der Waals surface area contributed by atoms with E-state index in [1.54, 1.807) is 22.7 Å². The number of hydrogen-bond donors (Lipinski definition) is 0. The summed E-state index contributed by atoms with van der Waals surface area (Å²) in [6, 6.07) is 15.5. The minimum Gasteiger partial charge on any atom is -0.245 e. The van der Waals surface area contributed by atoms with Gasteiger partial charge >= 0.3 is 0 Å². The Bertz CT molecular complexity index is 812. The molecule has 0 aliphatic rings. The highest BCUT2D eigenvalue weighted by atomic mass is 32.1. The van der Waals surface area contributed by atoms with Crippen molar-refractivity contribution in [3.05, 3.63) is 48.0 Å². The molecule has 2 aromatic carbocycles. The number of nitrogens with zero attached hydrogens (tertiary/aromatic N) is 2. The fraction of sp³-hybridized carbons (Fsp3) is 0. The Kier molecular flexibility index (Phi) is 2.18. The van der Waals surface area contributed by atoms with Gasteiger partial charge in [-0.15, -0.1) is 22.7 Å². The molecule has 1 radical (unpaired) electrons. The quantitative estimate of drug-likeness (QED) is 0.511. The number of hydrogen-bond acceptors (Lipinski definition) is 4. The standard InChI is InChI=1S/C14H7N2S2/c1-2-4-13-10(3-1)16-14(18-13)9-5-6-12-11(7-9)15-8-17-12/h1-4,6-8H. The highest BCUT2D eigenvalue weighted by Gasteiger charge is 2.07. The first kappa shape index (κ1) is 10.2. The maximum Gasteiger partial charge on any atom is 0.125 e. The average molecular weight is 267 g/mol. The first-order valence-electron chi connectivity index (χ1n) is 5.51. The second-order valence-corrected chi connectivity index (χ2v) is 5.85. The predicted molar refractivity (Wildman–Crippen MR) is 77.1 cm³/mol. The zero-order valence-electron chi connectivity index (χ0n) is 9.25. The molecular formula is C14H7N2S2. The second kappa shape index (κ2) is 3.86. The van der Waals surface area contributed by atoms with Gasteiger partial charge in [-0.25, -0.2) is 9.97 Å². The summed E-state index contributed by atoms with van der Waals surface area (Å²) < 4.78 is 2.37. The minimum absolute atomic E-state index is 1.01. The van der Waals surface area contributed by atoms with E-state index in [1.165, 1.54) is 9.40 Å². The van der Waals surface area contributed by atoms with Crippen LogP contribution in [0.3, 0.4) is 0 Å². The maximum absolute atomic E-state index is 4.64. The molecular weight excluding hydrogens is 260 g/mol. The molecule has 0 bridgehead atoms. The van der Waals surface area contributed by atoms with Gasteiger partial charge in [-0.05, 0) is 30.3 Å². The molecule has 0 spiro atoms. The lowest BCUT2D eigenvalue weighted by Crippen LogP contribution is -1.76. The highest BCUT2D eigenvalue weighted by molar-refractivity contribution is 7.21. The summed E-state index contributed by atoms with van der Waals surface area (Å²) in [7, 11) is 0. The molecule has 4 heteroatoms. The van der Waals surface area contributed by atoms with Gasteiger partial charge in [-0.2, -0.15) is 0 Å². The molecule has 4 rings (SSSR count). The van der Waals surface area contributed by atoms with E-state index in [4.69, 9.17) is 0 Å². The van der Waals surface area contributed by atoms with Crippen molar-refractivity contribution < 1.29 is 0 Å². The molecule has 4 aromatic rings. The van der Waals surface area contributed by atoms with Crippen LogP contribution in [0.15, 0.2) is 41.9 Å². The lowest BCUT2D eigenvalue weighted by molar-refractivity contribution is 1.46. The molecule has 0 saturated heterocycles. The van der Waals surface area contributed by atoms with Crippen LogP contribution in [0.4, 0.5) is 0 Å². The molecule has 0 amide bonds. The topological polar surface area (TPSA) is 25.8 Å². The number of benzene rings is 2. The first-order chi connectivity index (χ1) is 8.90. The number of thiazole rings is 2. The third-order valence-corrected chi connectivity index (χ3v) is 4.65. The van der Waals surface area contributed by atoms with Gasteiger partial charge in [0.05, 0.1) is 25.9 Å². The number of para-hydroxylation sites is 1. The van der Waals surface area contributed by atoms with Crippen LogP contribution in [0.25, 0.3) is 31.0 Å². The van der Waals surface area contributed by atoms with Crippen LogP contribution in [0.1, 0.15) is 0 Å². The third kappa shape index (κ3) is 1.54. The Hall–Kier alpha value is -1.78. The van der Waals surface area contributed by atoms with Gasteiger partial charge in [0.25, 0.3) is 0 Å². The molecule has 0 aliphatic carbocycles. The van der Waals surface area contributed by atoms with Crippen molar-refractivity contribution in [3.63, 3.8) is 0 Å². The van der Waals surface area contributed by atoms with Gasteiger partial charge in [0.2, 0.25) is 0 Å². The fourth-order valence-electron chi connectivity index (χ4n) is 1.91. The van der Waals surface area contributed by atoms with Crippen LogP contribution in [-0.4, -0.2) is 9.97 Å². The van der Waals surface area contributed by atoms with E-state index in [1.807, 2.05) is 29.8 Å². The highest BCUT2D eigenvalue weighted by Crippen LogP contribution is 2.31. The second-order valence-electron chi connectivity index (χ2n) is 3.94. The Morgan fingerprint density at radius 2 is 2.00 bits per heavy atom. The summed E-state index contributed by atoms with van der Waals surface area (Å²) in [6.07, 6.45) is 0. The van der Waals surface area contributed by atoms with Gasteiger partial charge in [0, 0.05) is 5.56 Å². The van der Waals surface area contributed by atoms with Gasteiger partial charge in [0.15, 0.2) is 0 Å². The molecule has 0 N–H and O–H groups in total. The van der Waals surface area contributed by atoms with Crippen LogP contribution in [0.2, 0.25) is 0 Å². The number of rotatable bonds is 1. The minimum atomic E-state index is 1.01. The maximum atomic E-state index is 4.64. The van der Waals surface area contributed by atoms with E-state index in [0.717, 1.165) is 21.6 Å². The van der Waals surface area contributed by atoms with Crippen molar-refractivity contribution in [2.75, 3.05) is 0 Å². The fourth-order valence-corrected chi connectivity index (χ4v) is 3.50. The monoisotopic (exact) mass is 267 g/mol. The Labute approximate surface area is 112 Å². The molecule has 0 aliphatic heterocycles. The van der Waals surface area contributed by atoms with Crippen molar-refractivity contribution in [1.29, 1.82) is 0 Å². The summed E-state index contributed by atoms with van der Waals surface area (Å²) in [5, 5.41) is 1.01. The smallest absolute Gasteiger partial charge is 0.125 e. The first-order valence-corrected chi connectivity index (χ1v) is 7.21. The van der Waals surface area contributed by atoms with Crippen molar-refractivity contribution >= 4 is 43.1 Å². The van der Waals surface area contributed by atoms with Crippen molar-refractivity contribution in [3.8, 4) is 10.6 Å². The van der Waals surface area contributed by atoms with Crippen molar-refractivity contribution in [2.45, 2.75) is 0 Å². The van der Waals surface area contributed by atoms with Crippen LogP contribution in [0.5, 0.6) is 0 Å². The number of aromatic nitrogens is 2. The molecule has 0 saturated carbocycles. The molecule has 0 atom stereocenters. The Balaban J connectivity index is 1.94. The zero-order valence-corrected chi connectivity index (χ0v) is 10.9.